The van der Waals surface area contributed by atoms with Crippen LogP contribution in [0.1, 0.15) is 16.7 Å². The van der Waals surface area contributed by atoms with Gasteiger partial charge in [-0.05, 0) is 35.7 Å². The summed E-state index contributed by atoms with van der Waals surface area (Å²) in [6.45, 7) is 1.53. The van der Waals surface area contributed by atoms with E-state index in [2.05, 4.69) is 20.6 Å². The van der Waals surface area contributed by atoms with Crippen molar-refractivity contribution < 1.29 is 14.4 Å². The molecule has 4 rings (SSSR count). The number of nitro groups is 1. The Kier molecular flexibility index (Phi) is 9.78. The van der Waals surface area contributed by atoms with Gasteiger partial charge in [0.1, 0.15) is 11.6 Å². The molecule has 2 aromatic carbocycles. The van der Waals surface area contributed by atoms with Crippen LogP contribution in [0.5, 0.6) is 5.75 Å². The van der Waals surface area contributed by atoms with Gasteiger partial charge in [0, 0.05) is 50.6 Å². The first-order chi connectivity index (χ1) is 19.9. The monoisotopic (exact) mass is 561 g/mol. The third-order valence-electron chi connectivity index (χ3n) is 6.35. The molecule has 0 saturated carbocycles. The number of nitrogens with zero attached hydrogens (tertiary/aromatic N) is 5. The Labute approximate surface area is 235 Å². The molecule has 214 valence electrons. The van der Waals surface area contributed by atoms with E-state index < -0.39 is 16.3 Å². The minimum Gasteiger partial charge on any atom is -0.497 e. The molecule has 0 radical (unpaired) electrons. The third-order valence-corrected chi connectivity index (χ3v) is 6.35. The van der Waals surface area contributed by atoms with E-state index in [1.165, 1.54) is 16.7 Å². The SMILES string of the molecule is COCCNc1ncccc1CNc1nc(=O)n(CCc2ccc([N+](=O)[O-])cc2)c(=O)n1Cc1ccc(OC)cc1. The maximum atomic E-state index is 13.6. The van der Waals surface area contributed by atoms with Gasteiger partial charge >= 0.3 is 11.4 Å². The molecule has 4 aromatic rings. The second-order valence-electron chi connectivity index (χ2n) is 9.04. The van der Waals surface area contributed by atoms with Crippen LogP contribution < -0.4 is 26.7 Å². The molecule has 0 aliphatic rings. The number of methoxy groups -OCH3 is 2. The Morgan fingerprint density at radius 2 is 1.68 bits per heavy atom. The first-order valence-corrected chi connectivity index (χ1v) is 12.9. The Balaban J connectivity index is 1.62. The van der Waals surface area contributed by atoms with Crippen molar-refractivity contribution in [2.45, 2.75) is 26.1 Å². The molecule has 41 heavy (non-hydrogen) atoms. The number of anilines is 2. The fraction of sp³-hybridized carbons (Fsp3) is 0.286. The average molecular weight is 562 g/mol. The highest BCUT2D eigenvalue weighted by atomic mass is 16.6. The molecule has 2 aromatic heterocycles. The van der Waals surface area contributed by atoms with Gasteiger partial charge in [0.15, 0.2) is 0 Å². The molecule has 13 nitrogen and oxygen atoms in total. The largest absolute Gasteiger partial charge is 0.497 e. The molecule has 0 amide bonds. The van der Waals surface area contributed by atoms with Crippen molar-refractivity contribution in [3.63, 3.8) is 0 Å². The zero-order valence-corrected chi connectivity index (χ0v) is 22.8. The van der Waals surface area contributed by atoms with E-state index in [0.717, 1.165) is 21.3 Å². The zero-order valence-electron chi connectivity index (χ0n) is 22.8. The Bertz CT molecular complexity index is 1580. The first-order valence-electron chi connectivity index (χ1n) is 12.9. The van der Waals surface area contributed by atoms with Gasteiger partial charge in [-0.15, -0.1) is 0 Å². The molecule has 0 aliphatic carbocycles. The smallest absolute Gasteiger partial charge is 0.354 e. The maximum absolute atomic E-state index is 13.6. The highest BCUT2D eigenvalue weighted by Gasteiger charge is 2.15. The molecular formula is C28H31N7O6. The quantitative estimate of drug-likeness (QED) is 0.133. The van der Waals surface area contributed by atoms with E-state index in [1.807, 2.05) is 18.2 Å². The number of rotatable bonds is 14. The van der Waals surface area contributed by atoms with Crippen LogP contribution in [0.3, 0.4) is 0 Å². The maximum Gasteiger partial charge on any atom is 0.354 e. The van der Waals surface area contributed by atoms with E-state index in [-0.39, 0.29) is 31.3 Å². The minimum atomic E-state index is -0.699. The first kappa shape index (κ1) is 29.0. The number of non-ortho nitro benzene ring substituents is 1. The van der Waals surface area contributed by atoms with Crippen LogP contribution in [-0.2, 0) is 30.8 Å². The van der Waals surface area contributed by atoms with Crippen LogP contribution in [0, 0.1) is 10.1 Å². The van der Waals surface area contributed by atoms with Crippen LogP contribution >= 0.6 is 0 Å². The number of nitro benzene ring substituents is 1. The Hall–Kier alpha value is -5.04. The topological polar surface area (TPSA) is 155 Å². The van der Waals surface area contributed by atoms with Crippen molar-refractivity contribution >= 4 is 17.5 Å². The molecule has 0 aliphatic heterocycles. The Morgan fingerprint density at radius 3 is 2.37 bits per heavy atom. The summed E-state index contributed by atoms with van der Waals surface area (Å²) in [6, 6.07) is 16.9. The molecule has 13 heteroatoms. The summed E-state index contributed by atoms with van der Waals surface area (Å²) in [4.78, 5) is 45.7. The number of hydrogen-bond acceptors (Lipinski definition) is 10. The molecule has 0 unspecified atom stereocenters. The third kappa shape index (κ3) is 7.54. The van der Waals surface area contributed by atoms with E-state index in [4.69, 9.17) is 9.47 Å². The number of hydrogen-bond donors (Lipinski definition) is 2. The highest BCUT2D eigenvalue weighted by Crippen LogP contribution is 2.16. The fourth-order valence-corrected chi connectivity index (χ4v) is 4.12. The van der Waals surface area contributed by atoms with Crippen molar-refractivity contribution in [3.8, 4) is 5.75 Å². The molecule has 0 fully saturated rings. The number of benzene rings is 2. The van der Waals surface area contributed by atoms with E-state index >= 15 is 0 Å². The molecule has 2 heterocycles. The van der Waals surface area contributed by atoms with Gasteiger partial charge in [0.25, 0.3) is 5.69 Å². The lowest BCUT2D eigenvalue weighted by atomic mass is 10.1. The van der Waals surface area contributed by atoms with Crippen LogP contribution in [0.2, 0.25) is 0 Å². The summed E-state index contributed by atoms with van der Waals surface area (Å²) in [6.07, 6.45) is 1.99. The molecule has 0 saturated heterocycles. The summed E-state index contributed by atoms with van der Waals surface area (Å²) < 4.78 is 12.8. The lowest BCUT2D eigenvalue weighted by Crippen LogP contribution is -2.43. The van der Waals surface area contributed by atoms with Gasteiger partial charge in [-0.25, -0.2) is 19.1 Å². The van der Waals surface area contributed by atoms with Gasteiger partial charge in [-0.1, -0.05) is 30.3 Å². The fourth-order valence-electron chi connectivity index (χ4n) is 4.12. The summed E-state index contributed by atoms with van der Waals surface area (Å²) in [5.74, 6) is 1.45. The summed E-state index contributed by atoms with van der Waals surface area (Å²) >= 11 is 0. The van der Waals surface area contributed by atoms with Crippen LogP contribution in [-0.4, -0.2) is 51.4 Å². The summed E-state index contributed by atoms with van der Waals surface area (Å²) in [7, 11) is 3.19. The van der Waals surface area contributed by atoms with E-state index in [1.54, 1.807) is 50.7 Å². The standard InChI is InChI=1S/C28H31N7O6/c1-40-17-15-30-25-22(4-3-14-29-25)18-31-26-32-27(36)33(16-13-20-5-9-23(10-6-20)35(38)39)28(37)34(26)19-21-7-11-24(41-2)12-8-21/h3-12,14H,13,15-19H2,1-2H3,(H,29,30)(H,31,32,36). The number of ether oxygens (including phenoxy) is 2. The lowest BCUT2D eigenvalue weighted by Gasteiger charge is -2.17. The van der Waals surface area contributed by atoms with E-state index in [0.29, 0.717) is 31.1 Å². The van der Waals surface area contributed by atoms with Gasteiger partial charge in [-0.2, -0.15) is 4.98 Å². The molecule has 0 bridgehead atoms. The summed E-state index contributed by atoms with van der Waals surface area (Å²) in [5, 5.41) is 17.3. The van der Waals surface area contributed by atoms with Crippen molar-refractivity contribution in [1.82, 2.24) is 19.1 Å². The van der Waals surface area contributed by atoms with Gasteiger partial charge in [0.2, 0.25) is 5.95 Å². The second-order valence-corrected chi connectivity index (χ2v) is 9.04. The molecule has 0 atom stereocenters. The highest BCUT2D eigenvalue weighted by molar-refractivity contribution is 5.45. The number of aromatic nitrogens is 4. The lowest BCUT2D eigenvalue weighted by molar-refractivity contribution is -0.384. The number of nitrogens with one attached hydrogen (secondary N) is 2. The second kappa shape index (κ2) is 13.8. The van der Waals surface area contributed by atoms with E-state index in [9.17, 15) is 19.7 Å². The number of pyridine rings is 1. The summed E-state index contributed by atoms with van der Waals surface area (Å²) in [5.41, 5.74) is 1.11. The van der Waals surface area contributed by atoms with Gasteiger partial charge in [-0.3, -0.25) is 14.7 Å². The number of aryl methyl sites for hydroxylation is 1. The zero-order chi connectivity index (χ0) is 29.2. The minimum absolute atomic E-state index is 0.0319. The van der Waals surface area contributed by atoms with Gasteiger partial charge < -0.3 is 20.1 Å². The molecular weight excluding hydrogens is 530 g/mol. The Morgan fingerprint density at radius 1 is 0.951 bits per heavy atom. The predicted octanol–water partition coefficient (Wildman–Crippen LogP) is 2.68. The van der Waals surface area contributed by atoms with Crippen LogP contribution in [0.15, 0.2) is 76.4 Å². The predicted molar refractivity (Wildman–Crippen MR) is 154 cm³/mol. The van der Waals surface area contributed by atoms with Gasteiger partial charge in [0.05, 0.1) is 25.2 Å². The average Bonchev–Trinajstić information content (AvgIpc) is 2.99. The van der Waals surface area contributed by atoms with Crippen molar-refractivity contribution in [2.75, 3.05) is 38.0 Å². The van der Waals surface area contributed by atoms with Crippen LogP contribution in [0.4, 0.5) is 17.5 Å². The van der Waals surface area contributed by atoms with Crippen molar-refractivity contribution in [2.24, 2.45) is 0 Å². The van der Waals surface area contributed by atoms with Crippen molar-refractivity contribution in [3.05, 3.63) is 115 Å². The van der Waals surface area contributed by atoms with Crippen LogP contribution in [0.25, 0.3) is 0 Å². The van der Waals surface area contributed by atoms with Crippen molar-refractivity contribution in [1.29, 1.82) is 0 Å². The molecule has 0 spiro atoms. The molecule has 2 N–H and O–H groups in total. The normalized spacial score (nSPS) is 10.8.